The zero-order valence-corrected chi connectivity index (χ0v) is 9.58. The number of hydrogen-bond acceptors (Lipinski definition) is 6. The predicted molar refractivity (Wildman–Crippen MR) is 53.6 cm³/mol. The summed E-state index contributed by atoms with van der Waals surface area (Å²) in [6.07, 6.45) is -4.84. The first-order valence-corrected chi connectivity index (χ1v) is 5.11. The number of carbonyl (C=O) groups excluding carboxylic acids is 1. The fourth-order valence-electron chi connectivity index (χ4n) is 1.45. The third kappa shape index (κ3) is 2.91. The van der Waals surface area contributed by atoms with Gasteiger partial charge in [0.2, 0.25) is 0 Å². The Morgan fingerprint density at radius 1 is 1.31 bits per heavy atom. The van der Waals surface area contributed by atoms with Gasteiger partial charge in [-0.05, 0) is 20.8 Å². The molecule has 0 bridgehead atoms. The van der Waals surface area contributed by atoms with Crippen LogP contribution in [-0.2, 0) is 14.3 Å². The average Bonchev–Trinajstić information content (AvgIpc) is 2.41. The Balaban J connectivity index is 2.65. The highest BCUT2D eigenvalue weighted by molar-refractivity contribution is 5.76. The first-order valence-electron chi connectivity index (χ1n) is 5.11. The van der Waals surface area contributed by atoms with Crippen LogP contribution in [0.2, 0.25) is 0 Å². The number of rotatable bonds is 2. The minimum Gasteiger partial charge on any atom is -0.458 e. The summed E-state index contributed by atoms with van der Waals surface area (Å²) in [5.41, 5.74) is -0.692. The molecular weight excluding hydrogens is 216 g/mol. The molecule has 1 rings (SSSR count). The fourth-order valence-corrected chi connectivity index (χ4v) is 1.45. The van der Waals surface area contributed by atoms with Crippen molar-refractivity contribution in [2.45, 2.75) is 50.8 Å². The van der Waals surface area contributed by atoms with Crippen molar-refractivity contribution in [3.63, 3.8) is 0 Å². The topological polar surface area (TPSA) is 96.2 Å². The maximum Gasteiger partial charge on any atom is 0.338 e. The van der Waals surface area contributed by atoms with Gasteiger partial charge in [0, 0.05) is 0 Å². The van der Waals surface area contributed by atoms with Gasteiger partial charge in [-0.1, -0.05) is 0 Å². The number of aliphatic hydroxyl groups is 3. The first-order chi connectivity index (χ1) is 7.26. The lowest BCUT2D eigenvalue weighted by Crippen LogP contribution is -2.40. The van der Waals surface area contributed by atoms with E-state index in [1.54, 1.807) is 20.8 Å². The molecule has 1 fully saturated rings. The normalized spacial score (nSPS) is 35.1. The number of carbonyl (C=O) groups is 1. The molecule has 0 unspecified atom stereocenters. The van der Waals surface area contributed by atoms with Gasteiger partial charge in [-0.25, -0.2) is 4.79 Å². The van der Waals surface area contributed by atoms with Crippen LogP contribution in [0, 0.1) is 0 Å². The quantitative estimate of drug-likeness (QED) is 0.520. The van der Waals surface area contributed by atoms with Crippen molar-refractivity contribution in [2.75, 3.05) is 6.61 Å². The zero-order valence-electron chi connectivity index (χ0n) is 9.58. The molecule has 1 saturated heterocycles. The molecule has 0 saturated carbocycles. The molecule has 0 aromatic rings. The van der Waals surface area contributed by atoms with Gasteiger partial charge in [-0.2, -0.15) is 0 Å². The minimum absolute atomic E-state index is 0.461. The van der Waals surface area contributed by atoms with E-state index in [2.05, 4.69) is 0 Å². The molecule has 0 amide bonds. The van der Waals surface area contributed by atoms with Gasteiger partial charge in [0.1, 0.15) is 23.9 Å². The Hall–Kier alpha value is -0.690. The average molecular weight is 234 g/mol. The molecule has 1 aliphatic rings. The van der Waals surface area contributed by atoms with Crippen LogP contribution >= 0.6 is 0 Å². The van der Waals surface area contributed by atoms with Gasteiger partial charge in [-0.3, -0.25) is 0 Å². The van der Waals surface area contributed by atoms with Crippen LogP contribution in [0.4, 0.5) is 0 Å². The van der Waals surface area contributed by atoms with E-state index in [4.69, 9.17) is 14.6 Å². The van der Waals surface area contributed by atoms with Crippen molar-refractivity contribution in [3.05, 3.63) is 0 Å². The minimum atomic E-state index is -1.37. The van der Waals surface area contributed by atoms with Crippen molar-refractivity contribution >= 4 is 5.97 Å². The van der Waals surface area contributed by atoms with Gasteiger partial charge >= 0.3 is 5.97 Å². The summed E-state index contributed by atoms with van der Waals surface area (Å²) in [7, 11) is 0. The standard InChI is InChI=1S/C10H18O6/c1-10(2,3)16-9(14)8-7(13)6(12)5(4-11)15-8/h5-8,11-13H,4H2,1-3H3/t5-,6-,7+,8+/m1/s1. The zero-order chi connectivity index (χ0) is 12.5. The molecule has 1 aliphatic heterocycles. The maximum absolute atomic E-state index is 11.6. The Kier molecular flexibility index (Phi) is 3.90. The summed E-state index contributed by atoms with van der Waals surface area (Å²) in [6, 6.07) is 0. The summed E-state index contributed by atoms with van der Waals surface area (Å²) >= 11 is 0. The fraction of sp³-hybridized carbons (Fsp3) is 0.900. The maximum atomic E-state index is 11.6. The van der Waals surface area contributed by atoms with Crippen molar-refractivity contribution in [1.29, 1.82) is 0 Å². The highest BCUT2D eigenvalue weighted by Crippen LogP contribution is 2.23. The van der Waals surface area contributed by atoms with E-state index in [0.717, 1.165) is 0 Å². The van der Waals surface area contributed by atoms with Crippen LogP contribution in [-0.4, -0.2) is 57.9 Å². The molecule has 4 atom stereocenters. The molecule has 0 spiro atoms. The predicted octanol–water partition coefficient (Wildman–Crippen LogP) is -1.19. The molecule has 6 heteroatoms. The highest BCUT2D eigenvalue weighted by Gasteiger charge is 2.47. The second-order valence-corrected chi connectivity index (χ2v) is 4.79. The van der Waals surface area contributed by atoms with E-state index in [0.29, 0.717) is 0 Å². The van der Waals surface area contributed by atoms with Crippen molar-refractivity contribution < 1.29 is 29.6 Å². The Labute approximate surface area is 93.8 Å². The van der Waals surface area contributed by atoms with Crippen LogP contribution in [0.3, 0.4) is 0 Å². The molecule has 0 aliphatic carbocycles. The van der Waals surface area contributed by atoms with Gasteiger partial charge in [0.25, 0.3) is 0 Å². The van der Waals surface area contributed by atoms with Gasteiger partial charge in [0.15, 0.2) is 6.10 Å². The molecule has 94 valence electrons. The van der Waals surface area contributed by atoms with E-state index >= 15 is 0 Å². The lowest BCUT2D eigenvalue weighted by atomic mass is 10.1. The number of esters is 1. The van der Waals surface area contributed by atoms with E-state index in [-0.39, 0.29) is 0 Å². The molecule has 16 heavy (non-hydrogen) atoms. The Morgan fingerprint density at radius 3 is 2.25 bits per heavy atom. The summed E-state index contributed by atoms with van der Waals surface area (Å²) in [6.45, 7) is 4.60. The number of aliphatic hydroxyl groups excluding tert-OH is 3. The molecule has 3 N–H and O–H groups in total. The highest BCUT2D eigenvalue weighted by atomic mass is 16.6. The Morgan fingerprint density at radius 2 is 1.88 bits per heavy atom. The van der Waals surface area contributed by atoms with Crippen molar-refractivity contribution in [2.24, 2.45) is 0 Å². The third-order valence-corrected chi connectivity index (χ3v) is 2.18. The molecular formula is C10H18O6. The summed E-state index contributed by atoms with van der Waals surface area (Å²) < 4.78 is 10.0. The lowest BCUT2D eigenvalue weighted by Gasteiger charge is -2.22. The summed E-state index contributed by atoms with van der Waals surface area (Å²) in [5.74, 6) is -0.741. The molecule has 0 aromatic heterocycles. The van der Waals surface area contributed by atoms with Crippen LogP contribution in [0.5, 0.6) is 0 Å². The van der Waals surface area contributed by atoms with E-state index in [9.17, 15) is 15.0 Å². The SMILES string of the molecule is CC(C)(C)OC(=O)[C@H]1O[C@H](CO)[C@@H](O)[C@@H]1O. The molecule has 6 nitrogen and oxygen atoms in total. The van der Waals surface area contributed by atoms with Gasteiger partial charge < -0.3 is 24.8 Å². The van der Waals surface area contributed by atoms with Crippen molar-refractivity contribution in [3.8, 4) is 0 Å². The smallest absolute Gasteiger partial charge is 0.338 e. The Bertz CT molecular complexity index is 259. The van der Waals surface area contributed by atoms with E-state index in [1.807, 2.05) is 0 Å². The number of ether oxygens (including phenoxy) is 2. The first kappa shape index (κ1) is 13.4. The summed E-state index contributed by atoms with van der Waals surface area (Å²) in [5, 5.41) is 27.8. The molecule has 1 heterocycles. The third-order valence-electron chi connectivity index (χ3n) is 2.18. The van der Waals surface area contributed by atoms with Crippen LogP contribution in [0.15, 0.2) is 0 Å². The van der Waals surface area contributed by atoms with E-state index in [1.165, 1.54) is 0 Å². The van der Waals surface area contributed by atoms with Crippen molar-refractivity contribution in [1.82, 2.24) is 0 Å². The lowest BCUT2D eigenvalue weighted by molar-refractivity contribution is -0.172. The van der Waals surface area contributed by atoms with Gasteiger partial charge in [0.05, 0.1) is 6.61 Å². The van der Waals surface area contributed by atoms with Gasteiger partial charge in [-0.15, -0.1) is 0 Å². The second-order valence-electron chi connectivity index (χ2n) is 4.79. The van der Waals surface area contributed by atoms with E-state index < -0.39 is 42.6 Å². The molecule has 0 aromatic carbocycles. The monoisotopic (exact) mass is 234 g/mol. The summed E-state index contributed by atoms with van der Waals surface area (Å²) in [4.78, 5) is 11.6. The molecule has 0 radical (unpaired) electrons. The van der Waals surface area contributed by atoms with Crippen LogP contribution in [0.25, 0.3) is 0 Å². The van der Waals surface area contributed by atoms with Crippen LogP contribution in [0.1, 0.15) is 20.8 Å². The number of hydrogen-bond donors (Lipinski definition) is 3. The second kappa shape index (κ2) is 4.67. The largest absolute Gasteiger partial charge is 0.458 e. The van der Waals surface area contributed by atoms with Crippen LogP contribution < -0.4 is 0 Å².